The van der Waals surface area contributed by atoms with Crippen LogP contribution in [0.25, 0.3) is 11.4 Å². The lowest BCUT2D eigenvalue weighted by Gasteiger charge is -2.25. The summed E-state index contributed by atoms with van der Waals surface area (Å²) in [6, 6.07) is 7.90. The van der Waals surface area contributed by atoms with Crippen molar-refractivity contribution in [1.29, 1.82) is 0 Å². The van der Waals surface area contributed by atoms with Crippen molar-refractivity contribution in [1.82, 2.24) is 20.2 Å². The van der Waals surface area contributed by atoms with Crippen LogP contribution < -0.4 is 15.0 Å². The van der Waals surface area contributed by atoms with Crippen LogP contribution in [0, 0.1) is 12.8 Å². The average Bonchev–Trinajstić information content (AvgIpc) is 3.56. The number of hydrogen-bond acceptors (Lipinski definition) is 8. The number of hydrogen-bond donors (Lipinski definition) is 2. The molecule has 2 aromatic rings. The molecule has 1 aromatic carbocycles. The predicted molar refractivity (Wildman–Crippen MR) is 139 cm³/mol. The van der Waals surface area contributed by atoms with Gasteiger partial charge in [0.1, 0.15) is 24.3 Å². The molecule has 2 fully saturated rings. The molecule has 0 radical (unpaired) electrons. The highest BCUT2D eigenvalue weighted by Gasteiger charge is 2.30. The van der Waals surface area contributed by atoms with Crippen molar-refractivity contribution in [2.75, 3.05) is 58.5 Å². The highest BCUT2D eigenvalue weighted by atomic mass is 16.5. The maximum atomic E-state index is 11.9. The van der Waals surface area contributed by atoms with E-state index in [0.29, 0.717) is 24.0 Å². The Bertz CT molecular complexity index is 1040. The molecule has 36 heavy (non-hydrogen) atoms. The van der Waals surface area contributed by atoms with Gasteiger partial charge in [-0.25, -0.2) is 9.97 Å². The number of aliphatic hydroxyl groups is 1. The zero-order valence-electron chi connectivity index (χ0n) is 21.9. The molecule has 0 spiro atoms. The number of benzene rings is 1. The minimum Gasteiger partial charge on any atom is -0.491 e. The molecule has 1 unspecified atom stereocenters. The summed E-state index contributed by atoms with van der Waals surface area (Å²) in [4.78, 5) is 26.1. The highest BCUT2D eigenvalue weighted by molar-refractivity contribution is 5.73. The summed E-state index contributed by atoms with van der Waals surface area (Å²) >= 11 is 0. The summed E-state index contributed by atoms with van der Waals surface area (Å²) in [5.74, 6) is 2.81. The van der Waals surface area contributed by atoms with Crippen molar-refractivity contribution in [3.63, 3.8) is 0 Å². The van der Waals surface area contributed by atoms with Crippen LogP contribution >= 0.6 is 0 Å². The standard InChI is InChI=1S/C27H39N5O4/c1-18-25(12-20-9-11-35-16-20)29-26(21-6-5-7-24(13-21)36-17-23(34)14-28-3)30-27(18)32-10-8-22(15-32)31(4)19(2)33/h5-7,13,20,22-23,28,34H,8-12,14-17H2,1-4H3/t20-,22-,23?/m0/s1. The van der Waals surface area contributed by atoms with E-state index < -0.39 is 6.10 Å². The Morgan fingerprint density at radius 3 is 2.92 bits per heavy atom. The van der Waals surface area contributed by atoms with E-state index in [1.165, 1.54) is 0 Å². The minimum atomic E-state index is -0.586. The fourth-order valence-corrected chi connectivity index (χ4v) is 4.92. The summed E-state index contributed by atoms with van der Waals surface area (Å²) in [6.07, 6.45) is 2.23. The lowest BCUT2D eigenvalue weighted by Crippen LogP contribution is -2.37. The maximum absolute atomic E-state index is 11.9. The van der Waals surface area contributed by atoms with Crippen LogP contribution in [0.2, 0.25) is 0 Å². The maximum Gasteiger partial charge on any atom is 0.219 e. The van der Waals surface area contributed by atoms with Gasteiger partial charge in [0.05, 0.1) is 6.04 Å². The first kappa shape index (κ1) is 26.3. The number of nitrogens with zero attached hydrogens (tertiary/aromatic N) is 4. The SMILES string of the molecule is CNCC(O)COc1cccc(-c2nc(C[C@@H]3CCOC3)c(C)c(N3CC[C@H](N(C)C(C)=O)C3)n2)c1. The number of aromatic nitrogens is 2. The number of ether oxygens (including phenoxy) is 2. The molecule has 2 aliphatic heterocycles. The van der Waals surface area contributed by atoms with E-state index in [1.54, 1.807) is 14.0 Å². The number of aliphatic hydroxyl groups excluding tert-OH is 1. The fraction of sp³-hybridized carbons (Fsp3) is 0.593. The molecule has 1 amide bonds. The van der Waals surface area contributed by atoms with Crippen molar-refractivity contribution in [2.24, 2.45) is 5.92 Å². The van der Waals surface area contributed by atoms with E-state index in [9.17, 15) is 9.90 Å². The van der Waals surface area contributed by atoms with E-state index in [4.69, 9.17) is 19.4 Å². The first-order valence-electron chi connectivity index (χ1n) is 12.8. The smallest absolute Gasteiger partial charge is 0.219 e. The monoisotopic (exact) mass is 497 g/mol. The molecule has 0 aliphatic carbocycles. The zero-order valence-corrected chi connectivity index (χ0v) is 21.9. The Kier molecular flexibility index (Phi) is 8.77. The van der Waals surface area contributed by atoms with E-state index >= 15 is 0 Å². The van der Waals surface area contributed by atoms with Crippen LogP contribution in [0.4, 0.5) is 5.82 Å². The number of carbonyl (C=O) groups excluding carboxylic acids is 1. The quantitative estimate of drug-likeness (QED) is 0.515. The van der Waals surface area contributed by atoms with E-state index in [1.807, 2.05) is 36.2 Å². The number of nitrogens with one attached hydrogen (secondary N) is 1. The molecule has 3 atom stereocenters. The van der Waals surface area contributed by atoms with Crippen LogP contribution in [-0.2, 0) is 16.0 Å². The molecule has 4 rings (SSSR count). The fourth-order valence-electron chi connectivity index (χ4n) is 4.92. The van der Waals surface area contributed by atoms with E-state index in [0.717, 1.165) is 68.2 Å². The Morgan fingerprint density at radius 1 is 1.36 bits per heavy atom. The van der Waals surface area contributed by atoms with Gasteiger partial charge in [-0.15, -0.1) is 0 Å². The second kappa shape index (κ2) is 12.0. The molecule has 2 aliphatic rings. The van der Waals surface area contributed by atoms with Gasteiger partial charge in [-0.2, -0.15) is 0 Å². The Morgan fingerprint density at radius 2 is 2.19 bits per heavy atom. The topological polar surface area (TPSA) is 100 Å². The van der Waals surface area contributed by atoms with Gasteiger partial charge in [-0.3, -0.25) is 4.79 Å². The van der Waals surface area contributed by atoms with Gasteiger partial charge in [0.25, 0.3) is 0 Å². The second-order valence-corrected chi connectivity index (χ2v) is 9.95. The molecular weight excluding hydrogens is 458 g/mol. The lowest BCUT2D eigenvalue weighted by molar-refractivity contribution is -0.129. The normalized spacial score (nSPS) is 20.5. The van der Waals surface area contributed by atoms with Crippen LogP contribution in [0.1, 0.15) is 31.0 Å². The van der Waals surface area contributed by atoms with Gasteiger partial charge in [-0.1, -0.05) is 12.1 Å². The van der Waals surface area contributed by atoms with Crippen LogP contribution in [0.3, 0.4) is 0 Å². The summed E-state index contributed by atoms with van der Waals surface area (Å²) in [6.45, 7) is 7.56. The first-order valence-corrected chi connectivity index (χ1v) is 12.8. The van der Waals surface area contributed by atoms with E-state index in [2.05, 4.69) is 17.1 Å². The number of likely N-dealkylation sites (N-methyl/N-ethyl adjacent to an activating group) is 2. The summed E-state index contributed by atoms with van der Waals surface area (Å²) in [7, 11) is 3.67. The van der Waals surface area contributed by atoms with Crippen LogP contribution in [0.15, 0.2) is 24.3 Å². The molecule has 2 N–H and O–H groups in total. The molecule has 196 valence electrons. The van der Waals surface area contributed by atoms with Gasteiger partial charge in [0.15, 0.2) is 5.82 Å². The zero-order chi connectivity index (χ0) is 25.7. The van der Waals surface area contributed by atoms with Gasteiger partial charge >= 0.3 is 0 Å². The highest BCUT2D eigenvalue weighted by Crippen LogP contribution is 2.31. The van der Waals surface area contributed by atoms with Gasteiger partial charge in [0.2, 0.25) is 5.91 Å². The Labute approximate surface area is 213 Å². The van der Waals surface area contributed by atoms with Crippen molar-refractivity contribution < 1.29 is 19.4 Å². The lowest BCUT2D eigenvalue weighted by atomic mass is 9.99. The third kappa shape index (κ3) is 6.32. The molecule has 3 heterocycles. The van der Waals surface area contributed by atoms with Crippen LogP contribution in [-0.4, -0.2) is 91.6 Å². The van der Waals surface area contributed by atoms with Crippen molar-refractivity contribution in [3.05, 3.63) is 35.5 Å². The molecule has 1 aromatic heterocycles. The molecule has 0 bridgehead atoms. The summed E-state index contributed by atoms with van der Waals surface area (Å²) in [5.41, 5.74) is 3.02. The van der Waals surface area contributed by atoms with Gasteiger partial charge in [0, 0.05) is 63.6 Å². The number of carbonyl (C=O) groups is 1. The van der Waals surface area contributed by atoms with Crippen LogP contribution in [0.5, 0.6) is 5.75 Å². The largest absolute Gasteiger partial charge is 0.491 e. The Balaban J connectivity index is 1.63. The number of amides is 1. The molecule has 2 saturated heterocycles. The molecule has 9 nitrogen and oxygen atoms in total. The second-order valence-electron chi connectivity index (χ2n) is 9.95. The first-order chi connectivity index (χ1) is 17.4. The molecular formula is C27H39N5O4. The van der Waals surface area contributed by atoms with E-state index in [-0.39, 0.29) is 18.6 Å². The molecule has 0 saturated carbocycles. The minimum absolute atomic E-state index is 0.0838. The van der Waals surface area contributed by atoms with Crippen molar-refractivity contribution >= 4 is 11.7 Å². The third-order valence-corrected chi connectivity index (χ3v) is 7.21. The summed E-state index contributed by atoms with van der Waals surface area (Å²) in [5, 5.41) is 12.9. The average molecular weight is 498 g/mol. The van der Waals surface area contributed by atoms with Crippen molar-refractivity contribution in [3.8, 4) is 17.1 Å². The van der Waals surface area contributed by atoms with Crippen molar-refractivity contribution in [2.45, 2.75) is 45.3 Å². The third-order valence-electron chi connectivity index (χ3n) is 7.21. The van der Waals surface area contributed by atoms with Gasteiger partial charge < -0.3 is 29.7 Å². The number of rotatable bonds is 10. The predicted octanol–water partition coefficient (Wildman–Crippen LogP) is 2.05. The van der Waals surface area contributed by atoms with Gasteiger partial charge in [-0.05, 0) is 51.3 Å². The summed E-state index contributed by atoms with van der Waals surface area (Å²) < 4.78 is 11.5. The number of anilines is 1. The molecule has 9 heteroatoms. The Hall–Kier alpha value is -2.75.